The fourth-order valence-corrected chi connectivity index (χ4v) is 2.74. The predicted molar refractivity (Wildman–Crippen MR) is 93.3 cm³/mol. The molecule has 0 saturated carbocycles. The number of nitrogens with one attached hydrogen (secondary N) is 2. The van der Waals surface area contributed by atoms with Crippen molar-refractivity contribution in [1.29, 1.82) is 0 Å². The normalized spacial score (nSPS) is 13.5. The van der Waals surface area contributed by atoms with E-state index in [2.05, 4.69) is 15.3 Å². The number of nitrogens with zero attached hydrogens (tertiary/aromatic N) is 2. The van der Waals surface area contributed by atoms with Crippen LogP contribution >= 0.6 is 11.6 Å². The maximum Gasteiger partial charge on any atom is 0.322 e. The number of fused-ring (bicyclic) bond motifs is 1. The second-order valence-corrected chi connectivity index (χ2v) is 6.18. The second-order valence-electron chi connectivity index (χ2n) is 5.74. The summed E-state index contributed by atoms with van der Waals surface area (Å²) >= 11 is 5.74. The molecule has 2 amide bonds. The van der Waals surface area contributed by atoms with Crippen molar-refractivity contribution in [2.24, 2.45) is 0 Å². The third kappa shape index (κ3) is 3.52. The number of rotatable bonds is 4. The van der Waals surface area contributed by atoms with Crippen LogP contribution in [0, 0.1) is 12.7 Å². The lowest BCUT2D eigenvalue weighted by Crippen LogP contribution is -2.49. The first-order valence-corrected chi connectivity index (χ1v) is 8.02. The molecule has 1 aromatic carbocycles. The molecule has 2 heterocycles. The molecular formula is C16H12ClF4N5O2. The highest BCUT2D eigenvalue weighted by Crippen LogP contribution is 2.39. The Morgan fingerprint density at radius 3 is 2.57 bits per heavy atom. The molecule has 0 bridgehead atoms. The van der Waals surface area contributed by atoms with Gasteiger partial charge in [0.05, 0.1) is 18.1 Å². The van der Waals surface area contributed by atoms with E-state index >= 15 is 4.39 Å². The summed E-state index contributed by atoms with van der Waals surface area (Å²) in [5.74, 6) is -5.75. The number of benzene rings is 1. The van der Waals surface area contributed by atoms with Crippen molar-refractivity contribution >= 4 is 40.2 Å². The summed E-state index contributed by atoms with van der Waals surface area (Å²) in [7, 11) is 0. The van der Waals surface area contributed by atoms with Gasteiger partial charge < -0.3 is 15.5 Å². The zero-order valence-electron chi connectivity index (χ0n) is 14.1. The van der Waals surface area contributed by atoms with Crippen LogP contribution in [0.5, 0.6) is 0 Å². The topological polar surface area (TPSA) is 106 Å². The smallest absolute Gasteiger partial charge is 0.322 e. The van der Waals surface area contributed by atoms with Crippen LogP contribution in [-0.2, 0) is 5.79 Å². The van der Waals surface area contributed by atoms with Gasteiger partial charge in [-0.05, 0) is 19.1 Å². The first-order chi connectivity index (χ1) is 13.1. The summed E-state index contributed by atoms with van der Waals surface area (Å²) in [6.07, 6.45) is -1.55. The molecule has 2 aromatic heterocycles. The van der Waals surface area contributed by atoms with Crippen molar-refractivity contribution in [3.63, 3.8) is 0 Å². The maximum absolute atomic E-state index is 15.2. The number of nitrogens with two attached hydrogens (primary N) is 1. The van der Waals surface area contributed by atoms with Gasteiger partial charge in [0, 0.05) is 16.0 Å². The van der Waals surface area contributed by atoms with Gasteiger partial charge in [0.25, 0.3) is 6.43 Å². The van der Waals surface area contributed by atoms with Crippen LogP contribution < -0.4 is 16.4 Å². The molecule has 1 unspecified atom stereocenters. The predicted octanol–water partition coefficient (Wildman–Crippen LogP) is 4.12. The Bertz CT molecular complexity index is 1040. The molecular weight excluding hydrogens is 406 g/mol. The van der Waals surface area contributed by atoms with Gasteiger partial charge in [0.15, 0.2) is 17.2 Å². The number of furan rings is 1. The van der Waals surface area contributed by atoms with Gasteiger partial charge in [-0.2, -0.15) is 0 Å². The van der Waals surface area contributed by atoms with Crippen LogP contribution in [-0.4, -0.2) is 22.4 Å². The molecule has 148 valence electrons. The van der Waals surface area contributed by atoms with Gasteiger partial charge in [-0.15, -0.1) is 0 Å². The fraction of sp³-hybridized carbons (Fsp3) is 0.188. The number of aromatic nitrogens is 2. The third-order valence-corrected chi connectivity index (χ3v) is 4.03. The Kier molecular flexibility index (Phi) is 5.02. The van der Waals surface area contributed by atoms with Crippen molar-refractivity contribution < 1.29 is 26.8 Å². The Balaban J connectivity index is 1.97. The van der Waals surface area contributed by atoms with Crippen molar-refractivity contribution in [1.82, 2.24) is 15.3 Å². The van der Waals surface area contributed by atoms with Gasteiger partial charge in [-0.25, -0.2) is 32.3 Å². The molecule has 7 nitrogen and oxygen atoms in total. The van der Waals surface area contributed by atoms with Crippen LogP contribution in [0.4, 0.5) is 34.0 Å². The standard InChI is InChI=1S/C16H12ClF4N5O2/c1-6-9-2-7(17)3-10(18)11(9)28-12(6)16(21,13(19)20)26-15(27)25-8-4-23-14(22)24-5-8/h2-5,13H,1H3,(H2,22,23,24)(H2,25,26,27). The zero-order chi connectivity index (χ0) is 20.6. The van der Waals surface area contributed by atoms with Gasteiger partial charge in [-0.1, -0.05) is 11.6 Å². The Morgan fingerprint density at radius 1 is 1.32 bits per heavy atom. The summed E-state index contributed by atoms with van der Waals surface area (Å²) < 4.78 is 61.3. The average Bonchev–Trinajstić information content (AvgIpc) is 2.94. The summed E-state index contributed by atoms with van der Waals surface area (Å²) in [6.45, 7) is 1.24. The van der Waals surface area contributed by atoms with Crippen molar-refractivity contribution in [3.05, 3.63) is 46.7 Å². The highest BCUT2D eigenvalue weighted by atomic mass is 35.5. The van der Waals surface area contributed by atoms with Gasteiger partial charge in [-0.3, -0.25) is 5.32 Å². The van der Waals surface area contributed by atoms with Crippen LogP contribution in [0.15, 0.2) is 28.9 Å². The van der Waals surface area contributed by atoms with Crippen LogP contribution in [0.25, 0.3) is 11.0 Å². The quantitative estimate of drug-likeness (QED) is 0.437. The zero-order valence-corrected chi connectivity index (χ0v) is 14.8. The van der Waals surface area contributed by atoms with Crippen LogP contribution in [0.1, 0.15) is 11.3 Å². The van der Waals surface area contributed by atoms with E-state index in [0.717, 1.165) is 18.5 Å². The molecule has 12 heteroatoms. The van der Waals surface area contributed by atoms with E-state index in [1.807, 2.05) is 0 Å². The lowest BCUT2D eigenvalue weighted by molar-refractivity contribution is -0.0664. The molecule has 0 aliphatic carbocycles. The monoisotopic (exact) mass is 417 g/mol. The summed E-state index contributed by atoms with van der Waals surface area (Å²) in [4.78, 5) is 19.2. The van der Waals surface area contributed by atoms with Crippen molar-refractivity contribution in [3.8, 4) is 0 Å². The Hall–Kier alpha value is -3.08. The molecule has 1 atom stereocenters. The van der Waals surface area contributed by atoms with E-state index in [-0.39, 0.29) is 27.6 Å². The number of carbonyl (C=O) groups excluding carboxylic acids is 1. The number of carbonyl (C=O) groups is 1. The summed E-state index contributed by atoms with van der Waals surface area (Å²) in [6, 6.07) is 0.787. The first-order valence-electron chi connectivity index (χ1n) is 7.64. The van der Waals surface area contributed by atoms with E-state index in [4.69, 9.17) is 21.8 Å². The summed E-state index contributed by atoms with van der Waals surface area (Å²) in [5.41, 5.74) is 4.66. The third-order valence-electron chi connectivity index (χ3n) is 3.81. The minimum atomic E-state index is -3.75. The fourth-order valence-electron chi connectivity index (χ4n) is 2.53. The molecule has 3 rings (SSSR count). The van der Waals surface area contributed by atoms with E-state index < -0.39 is 35.4 Å². The largest absolute Gasteiger partial charge is 0.452 e. The summed E-state index contributed by atoms with van der Waals surface area (Å²) in [5, 5.41) is 3.55. The number of alkyl halides is 3. The lowest BCUT2D eigenvalue weighted by atomic mass is 10.1. The lowest BCUT2D eigenvalue weighted by Gasteiger charge is -2.24. The highest BCUT2D eigenvalue weighted by Gasteiger charge is 2.49. The van der Waals surface area contributed by atoms with E-state index in [0.29, 0.717) is 0 Å². The minimum absolute atomic E-state index is 0.00295. The molecule has 0 spiro atoms. The van der Waals surface area contributed by atoms with Crippen LogP contribution in [0.3, 0.4) is 0 Å². The van der Waals surface area contributed by atoms with E-state index in [1.54, 1.807) is 0 Å². The number of nitrogen functional groups attached to an aromatic ring is 1. The number of halogens is 5. The van der Waals surface area contributed by atoms with Crippen molar-refractivity contribution in [2.75, 3.05) is 11.1 Å². The Labute approximate surface area is 159 Å². The molecule has 28 heavy (non-hydrogen) atoms. The molecule has 3 aromatic rings. The highest BCUT2D eigenvalue weighted by molar-refractivity contribution is 6.31. The molecule has 0 aliphatic rings. The number of anilines is 2. The van der Waals surface area contributed by atoms with Crippen molar-refractivity contribution in [2.45, 2.75) is 19.1 Å². The number of hydrogen-bond donors (Lipinski definition) is 3. The maximum atomic E-state index is 15.2. The molecule has 4 N–H and O–H groups in total. The molecule has 0 aliphatic heterocycles. The van der Waals surface area contributed by atoms with Gasteiger partial charge >= 0.3 is 11.8 Å². The second kappa shape index (κ2) is 7.15. The average molecular weight is 418 g/mol. The minimum Gasteiger partial charge on any atom is -0.452 e. The van der Waals surface area contributed by atoms with Gasteiger partial charge in [0.1, 0.15) is 0 Å². The van der Waals surface area contributed by atoms with E-state index in [9.17, 15) is 18.0 Å². The number of amides is 2. The number of hydrogen-bond acceptors (Lipinski definition) is 5. The molecule has 0 saturated heterocycles. The number of aryl methyl sites for hydroxylation is 1. The molecule has 0 radical (unpaired) electrons. The Morgan fingerprint density at radius 2 is 1.96 bits per heavy atom. The SMILES string of the molecule is Cc1c(C(F)(NC(=O)Nc2cnc(N)nc2)C(F)F)oc2c(F)cc(Cl)cc12. The van der Waals surface area contributed by atoms with Crippen LogP contribution in [0.2, 0.25) is 5.02 Å². The van der Waals surface area contributed by atoms with Gasteiger partial charge in [0.2, 0.25) is 5.95 Å². The van der Waals surface area contributed by atoms with E-state index in [1.165, 1.54) is 18.3 Å². The molecule has 0 fully saturated rings. The number of urea groups is 1. The first kappa shape index (κ1) is 19.7.